The summed E-state index contributed by atoms with van der Waals surface area (Å²) in [7, 11) is 0. The van der Waals surface area contributed by atoms with Gasteiger partial charge in [0.05, 0.1) is 0 Å². The highest BCUT2D eigenvalue weighted by Crippen LogP contribution is 2.34. The SMILES string of the molecule is O=C(O)C(F)(F)Cc1ccc(Cl)nc1C(F)(F)F. The van der Waals surface area contributed by atoms with Crippen molar-refractivity contribution < 1.29 is 31.9 Å². The Bertz CT molecular complexity index is 475. The maximum Gasteiger partial charge on any atom is 0.433 e. The predicted octanol–water partition coefficient (Wildman–Crippen LogP) is 3.02. The smallest absolute Gasteiger partial charge is 0.433 e. The van der Waals surface area contributed by atoms with Crippen LogP contribution in [0.2, 0.25) is 5.15 Å². The van der Waals surface area contributed by atoms with Gasteiger partial charge in [0.25, 0.3) is 0 Å². The van der Waals surface area contributed by atoms with Crippen LogP contribution >= 0.6 is 11.6 Å². The molecule has 0 fully saturated rings. The Morgan fingerprint density at radius 2 is 1.83 bits per heavy atom. The number of pyridine rings is 1. The van der Waals surface area contributed by atoms with Crippen molar-refractivity contribution in [1.29, 1.82) is 0 Å². The third-order valence-electron chi connectivity index (χ3n) is 1.94. The molecule has 0 bridgehead atoms. The van der Waals surface area contributed by atoms with Crippen LogP contribution in [0.25, 0.3) is 0 Å². The van der Waals surface area contributed by atoms with Gasteiger partial charge in [0.1, 0.15) is 10.8 Å². The summed E-state index contributed by atoms with van der Waals surface area (Å²) in [5, 5.41) is 7.65. The summed E-state index contributed by atoms with van der Waals surface area (Å²) in [5.41, 5.74) is -2.55. The standard InChI is InChI=1S/C9H5ClF5NO2/c10-5-2-1-4(3-8(11,12)7(17)18)6(16-5)9(13,14)15/h1-2H,3H2,(H,17,18). The van der Waals surface area contributed by atoms with Gasteiger partial charge in [-0.05, 0) is 11.6 Å². The molecule has 0 unspecified atom stereocenters. The predicted molar refractivity (Wildman–Crippen MR) is 50.5 cm³/mol. The van der Waals surface area contributed by atoms with E-state index >= 15 is 0 Å². The first-order chi connectivity index (χ1) is 8.04. The molecule has 0 radical (unpaired) electrons. The molecule has 1 rings (SSSR count). The molecule has 1 aromatic rings. The zero-order valence-electron chi connectivity index (χ0n) is 8.43. The molecular formula is C9H5ClF5NO2. The highest BCUT2D eigenvalue weighted by molar-refractivity contribution is 6.29. The van der Waals surface area contributed by atoms with Crippen molar-refractivity contribution in [1.82, 2.24) is 4.98 Å². The van der Waals surface area contributed by atoms with E-state index in [0.717, 1.165) is 6.07 Å². The lowest BCUT2D eigenvalue weighted by atomic mass is 10.1. The second-order valence-corrected chi connectivity index (χ2v) is 3.71. The second kappa shape index (κ2) is 4.68. The zero-order chi connectivity index (χ0) is 14.1. The summed E-state index contributed by atoms with van der Waals surface area (Å²) in [4.78, 5) is 13.1. The van der Waals surface area contributed by atoms with E-state index in [4.69, 9.17) is 16.7 Å². The van der Waals surface area contributed by atoms with Gasteiger partial charge in [0.2, 0.25) is 0 Å². The average Bonchev–Trinajstić information content (AvgIpc) is 2.18. The molecule has 1 N–H and O–H groups in total. The Morgan fingerprint density at radius 3 is 2.28 bits per heavy atom. The topological polar surface area (TPSA) is 50.2 Å². The fraction of sp³-hybridized carbons (Fsp3) is 0.333. The van der Waals surface area contributed by atoms with E-state index in [1.165, 1.54) is 0 Å². The Hall–Kier alpha value is -1.44. The van der Waals surface area contributed by atoms with Crippen LogP contribution in [0, 0.1) is 0 Å². The quantitative estimate of drug-likeness (QED) is 0.687. The second-order valence-electron chi connectivity index (χ2n) is 3.33. The Kier molecular flexibility index (Phi) is 3.80. The number of hydrogen-bond acceptors (Lipinski definition) is 2. The monoisotopic (exact) mass is 289 g/mol. The van der Waals surface area contributed by atoms with Gasteiger partial charge < -0.3 is 5.11 Å². The molecule has 100 valence electrons. The molecule has 9 heteroatoms. The fourth-order valence-electron chi connectivity index (χ4n) is 1.17. The molecular weight excluding hydrogens is 285 g/mol. The van der Waals surface area contributed by atoms with Gasteiger partial charge in [0, 0.05) is 6.42 Å². The van der Waals surface area contributed by atoms with Crippen LogP contribution in [0.3, 0.4) is 0 Å². The number of rotatable bonds is 3. The van der Waals surface area contributed by atoms with Crippen LogP contribution in [-0.4, -0.2) is 22.0 Å². The van der Waals surface area contributed by atoms with Crippen LogP contribution in [0.15, 0.2) is 12.1 Å². The third-order valence-corrected chi connectivity index (χ3v) is 2.15. The molecule has 0 spiro atoms. The van der Waals surface area contributed by atoms with Crippen molar-refractivity contribution in [2.45, 2.75) is 18.5 Å². The molecule has 18 heavy (non-hydrogen) atoms. The molecule has 0 aromatic carbocycles. The first kappa shape index (κ1) is 14.6. The molecule has 0 atom stereocenters. The van der Waals surface area contributed by atoms with Crippen LogP contribution in [0.4, 0.5) is 22.0 Å². The lowest BCUT2D eigenvalue weighted by molar-refractivity contribution is -0.165. The maximum atomic E-state index is 12.9. The number of aliphatic carboxylic acids is 1. The number of alkyl halides is 5. The number of carbonyl (C=O) groups is 1. The summed E-state index contributed by atoms with van der Waals surface area (Å²) in [6.07, 6.45) is -6.60. The molecule has 1 heterocycles. The molecule has 0 aliphatic heterocycles. The van der Waals surface area contributed by atoms with Crippen molar-refractivity contribution in [2.24, 2.45) is 0 Å². The van der Waals surface area contributed by atoms with Gasteiger partial charge in [-0.2, -0.15) is 22.0 Å². The minimum absolute atomic E-state index is 0.523. The van der Waals surface area contributed by atoms with E-state index in [1.54, 1.807) is 0 Å². The lowest BCUT2D eigenvalue weighted by Gasteiger charge is -2.15. The highest BCUT2D eigenvalue weighted by atomic mass is 35.5. The number of halogens is 6. The van der Waals surface area contributed by atoms with Gasteiger partial charge in [-0.1, -0.05) is 17.7 Å². The van der Waals surface area contributed by atoms with E-state index < -0.39 is 40.9 Å². The third kappa shape index (κ3) is 3.28. The minimum Gasteiger partial charge on any atom is -0.477 e. The van der Waals surface area contributed by atoms with Crippen LogP contribution < -0.4 is 0 Å². The summed E-state index contributed by atoms with van der Waals surface area (Å²) < 4.78 is 63.2. The first-order valence-electron chi connectivity index (χ1n) is 4.38. The fourth-order valence-corrected chi connectivity index (χ4v) is 1.31. The summed E-state index contributed by atoms with van der Waals surface area (Å²) in [5.74, 6) is -6.82. The zero-order valence-corrected chi connectivity index (χ0v) is 9.19. The van der Waals surface area contributed by atoms with Crippen molar-refractivity contribution >= 4 is 17.6 Å². The molecule has 0 aliphatic rings. The van der Waals surface area contributed by atoms with Gasteiger partial charge in [-0.25, -0.2) is 9.78 Å². The molecule has 0 saturated carbocycles. The summed E-state index contributed by atoms with van der Waals surface area (Å²) >= 11 is 5.24. The molecule has 1 aromatic heterocycles. The van der Waals surface area contributed by atoms with E-state index in [1.807, 2.05) is 0 Å². The average molecular weight is 290 g/mol. The van der Waals surface area contributed by atoms with Gasteiger partial charge >= 0.3 is 18.1 Å². The largest absolute Gasteiger partial charge is 0.477 e. The van der Waals surface area contributed by atoms with Gasteiger partial charge in [-0.3, -0.25) is 0 Å². The van der Waals surface area contributed by atoms with Crippen LogP contribution in [-0.2, 0) is 17.4 Å². The van der Waals surface area contributed by atoms with E-state index in [2.05, 4.69) is 4.98 Å². The Morgan fingerprint density at radius 1 is 1.28 bits per heavy atom. The van der Waals surface area contributed by atoms with Crippen molar-refractivity contribution in [3.63, 3.8) is 0 Å². The minimum atomic E-state index is -4.99. The van der Waals surface area contributed by atoms with Crippen molar-refractivity contribution in [2.75, 3.05) is 0 Å². The number of carboxylic acid groups (broad SMARTS) is 1. The lowest BCUT2D eigenvalue weighted by Crippen LogP contribution is -2.32. The molecule has 0 saturated heterocycles. The summed E-state index contributed by atoms with van der Waals surface area (Å²) in [6.45, 7) is 0. The van der Waals surface area contributed by atoms with Gasteiger partial charge in [-0.15, -0.1) is 0 Å². The van der Waals surface area contributed by atoms with Crippen LogP contribution in [0.5, 0.6) is 0 Å². The number of hydrogen-bond donors (Lipinski definition) is 1. The van der Waals surface area contributed by atoms with E-state index in [-0.39, 0.29) is 0 Å². The van der Waals surface area contributed by atoms with Crippen molar-refractivity contribution in [3.05, 3.63) is 28.5 Å². The number of aromatic nitrogens is 1. The normalized spacial score (nSPS) is 12.6. The number of nitrogens with zero attached hydrogens (tertiary/aromatic N) is 1. The molecule has 0 amide bonds. The van der Waals surface area contributed by atoms with E-state index in [9.17, 15) is 26.7 Å². The Balaban J connectivity index is 3.22. The number of carboxylic acids is 1. The van der Waals surface area contributed by atoms with Crippen molar-refractivity contribution in [3.8, 4) is 0 Å². The molecule has 0 aliphatic carbocycles. The summed E-state index contributed by atoms with van der Waals surface area (Å²) in [6, 6.07) is 1.55. The molecule has 3 nitrogen and oxygen atoms in total. The van der Waals surface area contributed by atoms with Crippen LogP contribution in [0.1, 0.15) is 11.3 Å². The first-order valence-corrected chi connectivity index (χ1v) is 4.75. The highest BCUT2D eigenvalue weighted by Gasteiger charge is 2.43. The van der Waals surface area contributed by atoms with Gasteiger partial charge in [0.15, 0.2) is 0 Å². The maximum absolute atomic E-state index is 12.9. The Labute approximate surface area is 102 Å². The van der Waals surface area contributed by atoms with E-state index in [0.29, 0.717) is 6.07 Å².